The van der Waals surface area contributed by atoms with Crippen LogP contribution in [0.25, 0.3) is 22.6 Å². The smallest absolute Gasteiger partial charge is 0.387 e. The van der Waals surface area contributed by atoms with Crippen LogP contribution in [0.2, 0.25) is 0 Å². The third kappa shape index (κ3) is 4.79. The van der Waals surface area contributed by atoms with Crippen molar-refractivity contribution in [2.24, 2.45) is 0 Å². The fraction of sp³-hybridized carbons (Fsp3) is 0.167. The van der Waals surface area contributed by atoms with Crippen LogP contribution in [-0.4, -0.2) is 28.9 Å². The topological polar surface area (TPSA) is 45.1 Å². The first-order valence-corrected chi connectivity index (χ1v) is 9.78. The van der Waals surface area contributed by atoms with Gasteiger partial charge in [-0.1, -0.05) is 30.3 Å². The number of anilines is 1. The SMILES string of the molecule is OC(CNc1ccc2ccccc2n1)C1=CC(C(F)(F)F)=C=Cc2c1cccc2C(F)(F)F. The number of nitrogens with one attached hydrogen (secondary N) is 1. The molecule has 1 aliphatic carbocycles. The molecule has 0 aliphatic heterocycles. The average Bonchev–Trinajstić information content (AvgIpc) is 2.96. The highest BCUT2D eigenvalue weighted by molar-refractivity contribution is 5.82. The number of fused-ring (bicyclic) bond motifs is 2. The average molecular weight is 462 g/mol. The van der Waals surface area contributed by atoms with Crippen molar-refractivity contribution in [2.45, 2.75) is 18.5 Å². The van der Waals surface area contributed by atoms with Crippen LogP contribution in [0.5, 0.6) is 0 Å². The molecule has 1 atom stereocenters. The van der Waals surface area contributed by atoms with Gasteiger partial charge in [0.1, 0.15) is 5.82 Å². The monoisotopic (exact) mass is 462 g/mol. The van der Waals surface area contributed by atoms with E-state index in [1.54, 1.807) is 24.3 Å². The number of aliphatic hydroxyl groups is 1. The lowest BCUT2D eigenvalue weighted by atomic mass is 9.92. The Kier molecular flexibility index (Phi) is 5.78. The van der Waals surface area contributed by atoms with E-state index in [1.165, 1.54) is 6.07 Å². The maximum absolute atomic E-state index is 13.5. The molecule has 1 aromatic heterocycles. The fourth-order valence-electron chi connectivity index (χ4n) is 3.56. The van der Waals surface area contributed by atoms with Crippen LogP contribution in [0.4, 0.5) is 32.2 Å². The van der Waals surface area contributed by atoms with Crippen LogP contribution >= 0.6 is 0 Å². The van der Waals surface area contributed by atoms with Crippen LogP contribution < -0.4 is 5.32 Å². The molecule has 2 N–H and O–H groups in total. The van der Waals surface area contributed by atoms with Crippen molar-refractivity contribution in [1.82, 2.24) is 4.98 Å². The number of nitrogens with zero attached hydrogens (tertiary/aromatic N) is 1. The zero-order valence-corrected chi connectivity index (χ0v) is 16.8. The lowest BCUT2D eigenvalue weighted by Crippen LogP contribution is -2.23. The Morgan fingerprint density at radius 1 is 0.909 bits per heavy atom. The van der Waals surface area contributed by atoms with Crippen molar-refractivity contribution in [2.75, 3.05) is 11.9 Å². The zero-order valence-electron chi connectivity index (χ0n) is 16.8. The number of allylic oxidation sites excluding steroid dienone is 2. The number of hydrogen-bond acceptors (Lipinski definition) is 3. The fourth-order valence-corrected chi connectivity index (χ4v) is 3.56. The summed E-state index contributed by atoms with van der Waals surface area (Å²) in [5.74, 6) is 0.357. The largest absolute Gasteiger partial charge is 0.423 e. The lowest BCUT2D eigenvalue weighted by molar-refractivity contribution is -0.137. The number of pyridine rings is 1. The highest BCUT2D eigenvalue weighted by atomic mass is 19.4. The van der Waals surface area contributed by atoms with E-state index >= 15 is 0 Å². The van der Waals surface area contributed by atoms with E-state index in [1.807, 2.05) is 17.9 Å². The van der Waals surface area contributed by atoms with Crippen LogP contribution in [0, 0.1) is 0 Å². The highest BCUT2D eigenvalue weighted by Gasteiger charge is 2.37. The Morgan fingerprint density at radius 3 is 2.39 bits per heavy atom. The molecule has 0 saturated heterocycles. The molecule has 4 rings (SSSR count). The van der Waals surface area contributed by atoms with Crippen molar-refractivity contribution in [1.29, 1.82) is 0 Å². The molecule has 0 amide bonds. The molecule has 0 fully saturated rings. The van der Waals surface area contributed by atoms with Crippen molar-refractivity contribution < 1.29 is 31.4 Å². The maximum atomic E-state index is 13.5. The molecule has 170 valence electrons. The van der Waals surface area contributed by atoms with Crippen LogP contribution in [-0.2, 0) is 6.18 Å². The number of alkyl halides is 6. The minimum Gasteiger partial charge on any atom is -0.387 e. The predicted octanol–water partition coefficient (Wildman–Crippen LogP) is 6.22. The van der Waals surface area contributed by atoms with Crippen LogP contribution in [0.15, 0.2) is 72.0 Å². The van der Waals surface area contributed by atoms with Gasteiger partial charge in [-0.2, -0.15) is 26.3 Å². The molecule has 0 radical (unpaired) electrons. The van der Waals surface area contributed by atoms with Crippen molar-refractivity contribution in [3.63, 3.8) is 0 Å². The highest BCUT2D eigenvalue weighted by Crippen LogP contribution is 2.39. The first-order valence-electron chi connectivity index (χ1n) is 9.78. The summed E-state index contributed by atoms with van der Waals surface area (Å²) in [5, 5.41) is 14.4. The molecule has 0 spiro atoms. The summed E-state index contributed by atoms with van der Waals surface area (Å²) in [5.41, 5.74) is -0.771. The van der Waals surface area contributed by atoms with Gasteiger partial charge in [-0.15, -0.1) is 5.73 Å². The summed E-state index contributed by atoms with van der Waals surface area (Å²) >= 11 is 0. The van der Waals surface area contributed by atoms with Crippen LogP contribution in [0.3, 0.4) is 0 Å². The molecule has 33 heavy (non-hydrogen) atoms. The molecule has 0 bridgehead atoms. The van der Waals surface area contributed by atoms with Gasteiger partial charge < -0.3 is 10.4 Å². The second-order valence-electron chi connectivity index (χ2n) is 7.35. The number of benzene rings is 2. The molecule has 3 nitrogen and oxygen atoms in total. The minimum absolute atomic E-state index is 0.155. The molecule has 2 aromatic carbocycles. The lowest BCUT2D eigenvalue weighted by Gasteiger charge is -2.20. The minimum atomic E-state index is -4.87. The van der Waals surface area contributed by atoms with Gasteiger partial charge >= 0.3 is 12.4 Å². The second kappa shape index (κ2) is 8.42. The number of rotatable bonds is 4. The molecule has 0 saturated carbocycles. The Bertz CT molecular complexity index is 1300. The Morgan fingerprint density at radius 2 is 1.67 bits per heavy atom. The Balaban J connectivity index is 1.70. The quantitative estimate of drug-likeness (QED) is 0.357. The van der Waals surface area contributed by atoms with E-state index in [-0.39, 0.29) is 17.7 Å². The molecule has 1 unspecified atom stereocenters. The van der Waals surface area contributed by atoms with Gasteiger partial charge in [0, 0.05) is 17.5 Å². The summed E-state index contributed by atoms with van der Waals surface area (Å²) in [6, 6.07) is 13.8. The van der Waals surface area contributed by atoms with Crippen LogP contribution in [0.1, 0.15) is 16.7 Å². The van der Waals surface area contributed by atoms with E-state index in [0.29, 0.717) is 23.5 Å². The maximum Gasteiger partial charge on any atom is 0.423 e. The molecular weight excluding hydrogens is 446 g/mol. The number of aromatic nitrogens is 1. The van der Waals surface area contributed by atoms with E-state index < -0.39 is 35.2 Å². The van der Waals surface area contributed by atoms with Gasteiger partial charge in [0.05, 0.1) is 22.8 Å². The summed E-state index contributed by atoms with van der Waals surface area (Å²) in [4.78, 5) is 4.36. The van der Waals surface area contributed by atoms with Gasteiger partial charge in [-0.25, -0.2) is 4.98 Å². The Labute approximate surface area is 184 Å². The molecule has 1 heterocycles. The zero-order chi connectivity index (χ0) is 23.8. The van der Waals surface area contributed by atoms with Gasteiger partial charge in [0.15, 0.2) is 0 Å². The van der Waals surface area contributed by atoms with Gasteiger partial charge in [0.25, 0.3) is 0 Å². The predicted molar refractivity (Wildman–Crippen MR) is 113 cm³/mol. The van der Waals surface area contributed by atoms with E-state index in [4.69, 9.17) is 0 Å². The Hall–Kier alpha value is -3.55. The first-order chi connectivity index (χ1) is 15.5. The van der Waals surface area contributed by atoms with Crippen molar-refractivity contribution in [3.8, 4) is 0 Å². The van der Waals surface area contributed by atoms with Gasteiger partial charge in [-0.3, -0.25) is 0 Å². The van der Waals surface area contributed by atoms with Gasteiger partial charge in [-0.05, 0) is 47.6 Å². The number of halogens is 6. The number of aliphatic hydroxyl groups excluding tert-OH is 1. The van der Waals surface area contributed by atoms with Crippen molar-refractivity contribution >= 4 is 28.4 Å². The summed E-state index contributed by atoms with van der Waals surface area (Å²) in [7, 11) is 0. The number of hydrogen-bond donors (Lipinski definition) is 2. The van der Waals surface area contributed by atoms with E-state index in [9.17, 15) is 31.4 Å². The van der Waals surface area contributed by atoms with Gasteiger partial charge in [0.2, 0.25) is 0 Å². The summed E-state index contributed by atoms with van der Waals surface area (Å²) in [6.45, 7) is -0.280. The van der Waals surface area contributed by atoms with E-state index in [0.717, 1.165) is 17.5 Å². The molecule has 1 aliphatic rings. The standard InChI is InChI=1S/C24H16F6N2O/c25-23(26,27)15-9-10-17-16(5-3-6-19(17)24(28,29)30)18(12-15)21(33)13-31-22-11-8-14-4-1-2-7-20(14)32-22/h1-8,10-12,21,33H,13H2,(H,31,32). The normalized spacial score (nSPS) is 14.9. The summed E-state index contributed by atoms with van der Waals surface area (Å²) in [6.07, 6.45) is -9.94. The first kappa shape index (κ1) is 22.6. The third-order valence-electron chi connectivity index (χ3n) is 5.13. The number of para-hydroxylation sites is 1. The molecular formula is C24H16F6N2O. The molecule has 3 aromatic rings. The second-order valence-corrected chi connectivity index (χ2v) is 7.35. The summed E-state index contributed by atoms with van der Waals surface area (Å²) < 4.78 is 80.7. The van der Waals surface area contributed by atoms with E-state index in [2.05, 4.69) is 10.3 Å². The third-order valence-corrected chi connectivity index (χ3v) is 5.13. The molecule has 9 heteroatoms. The van der Waals surface area contributed by atoms with Crippen molar-refractivity contribution in [3.05, 3.63) is 88.7 Å².